The number of halogens is 1. The van der Waals surface area contributed by atoms with E-state index in [0.29, 0.717) is 17.1 Å². The van der Waals surface area contributed by atoms with E-state index in [1.165, 1.54) is 12.1 Å². The summed E-state index contributed by atoms with van der Waals surface area (Å²) < 4.78 is 11.6. The van der Waals surface area contributed by atoms with Crippen molar-refractivity contribution in [3.05, 3.63) is 58.8 Å². The van der Waals surface area contributed by atoms with Crippen LogP contribution in [0.4, 0.5) is 0 Å². The standard InChI is InChI=1S/C17H13ClO4/c1-2-11-8-10-4-3-5-15(16(10)22-11)21-12-6-7-13(17(19)20)14(18)9-12/h3-9H,2H2,1H3,(H,19,20). The lowest BCUT2D eigenvalue weighted by atomic mass is 10.2. The Bertz CT molecular complexity index is 851. The number of carboxylic acid groups (broad SMARTS) is 1. The molecular formula is C17H13ClO4. The number of furan rings is 1. The van der Waals surface area contributed by atoms with Gasteiger partial charge in [0.2, 0.25) is 0 Å². The van der Waals surface area contributed by atoms with Crippen molar-refractivity contribution in [2.45, 2.75) is 13.3 Å². The highest BCUT2D eigenvalue weighted by Gasteiger charge is 2.12. The van der Waals surface area contributed by atoms with Crippen molar-refractivity contribution in [3.63, 3.8) is 0 Å². The minimum Gasteiger partial charge on any atom is -0.478 e. The average Bonchev–Trinajstić information content (AvgIpc) is 2.91. The Hall–Kier alpha value is -2.46. The number of fused-ring (bicyclic) bond motifs is 1. The Morgan fingerprint density at radius 2 is 2.09 bits per heavy atom. The van der Waals surface area contributed by atoms with Gasteiger partial charge in [0.25, 0.3) is 0 Å². The van der Waals surface area contributed by atoms with Gasteiger partial charge in [-0.15, -0.1) is 0 Å². The second-order valence-electron chi connectivity index (χ2n) is 4.79. The second-order valence-corrected chi connectivity index (χ2v) is 5.20. The Labute approximate surface area is 131 Å². The number of hydrogen-bond donors (Lipinski definition) is 1. The molecule has 0 aliphatic heterocycles. The van der Waals surface area contributed by atoms with E-state index in [0.717, 1.165) is 17.6 Å². The van der Waals surface area contributed by atoms with E-state index in [4.69, 9.17) is 25.9 Å². The summed E-state index contributed by atoms with van der Waals surface area (Å²) in [5.74, 6) is 0.830. The minimum atomic E-state index is -1.07. The zero-order chi connectivity index (χ0) is 15.7. The molecule has 0 fully saturated rings. The van der Waals surface area contributed by atoms with Crippen LogP contribution in [0.2, 0.25) is 5.02 Å². The first kappa shape index (κ1) is 14.5. The summed E-state index contributed by atoms with van der Waals surface area (Å²) in [4.78, 5) is 11.0. The summed E-state index contributed by atoms with van der Waals surface area (Å²) in [6.45, 7) is 2.02. The van der Waals surface area contributed by atoms with E-state index in [-0.39, 0.29) is 10.6 Å². The van der Waals surface area contributed by atoms with Crippen LogP contribution in [0, 0.1) is 0 Å². The molecule has 0 saturated heterocycles. The Morgan fingerprint density at radius 1 is 1.27 bits per heavy atom. The highest BCUT2D eigenvalue weighted by molar-refractivity contribution is 6.33. The van der Waals surface area contributed by atoms with Crippen molar-refractivity contribution in [3.8, 4) is 11.5 Å². The van der Waals surface area contributed by atoms with E-state index in [1.54, 1.807) is 12.1 Å². The SMILES string of the molecule is CCc1cc2cccc(Oc3ccc(C(=O)O)c(Cl)c3)c2o1. The summed E-state index contributed by atoms with van der Waals surface area (Å²) in [7, 11) is 0. The normalized spacial score (nSPS) is 10.8. The third-order valence-electron chi connectivity index (χ3n) is 3.31. The summed E-state index contributed by atoms with van der Waals surface area (Å²) in [5, 5.41) is 10.1. The van der Waals surface area contributed by atoms with E-state index in [2.05, 4.69) is 0 Å². The van der Waals surface area contributed by atoms with Gasteiger partial charge in [-0.1, -0.05) is 30.7 Å². The van der Waals surface area contributed by atoms with Crippen LogP contribution in [0.25, 0.3) is 11.0 Å². The molecule has 0 aliphatic carbocycles. The molecule has 0 aliphatic rings. The first-order valence-corrected chi connectivity index (χ1v) is 7.18. The van der Waals surface area contributed by atoms with Gasteiger partial charge in [-0.05, 0) is 24.3 Å². The summed E-state index contributed by atoms with van der Waals surface area (Å²) >= 11 is 5.95. The third-order valence-corrected chi connectivity index (χ3v) is 3.62. The molecule has 0 saturated carbocycles. The maximum absolute atomic E-state index is 11.0. The highest BCUT2D eigenvalue weighted by atomic mass is 35.5. The molecular weight excluding hydrogens is 304 g/mol. The van der Waals surface area contributed by atoms with Crippen LogP contribution in [-0.2, 0) is 6.42 Å². The molecule has 5 heteroatoms. The average molecular weight is 317 g/mol. The number of ether oxygens (including phenoxy) is 1. The largest absolute Gasteiger partial charge is 0.478 e. The summed E-state index contributed by atoms with van der Waals surface area (Å²) in [5.41, 5.74) is 0.705. The van der Waals surface area contributed by atoms with Gasteiger partial charge in [-0.25, -0.2) is 4.79 Å². The summed E-state index contributed by atoms with van der Waals surface area (Å²) in [6.07, 6.45) is 0.799. The van der Waals surface area contributed by atoms with Crippen molar-refractivity contribution < 1.29 is 19.1 Å². The number of carbonyl (C=O) groups is 1. The van der Waals surface area contributed by atoms with Crippen LogP contribution < -0.4 is 4.74 Å². The monoisotopic (exact) mass is 316 g/mol. The molecule has 1 aromatic heterocycles. The van der Waals surface area contributed by atoms with Crippen LogP contribution in [-0.4, -0.2) is 11.1 Å². The lowest BCUT2D eigenvalue weighted by molar-refractivity contribution is 0.0697. The molecule has 3 aromatic rings. The number of aromatic carboxylic acids is 1. The van der Waals surface area contributed by atoms with Gasteiger partial charge >= 0.3 is 5.97 Å². The molecule has 0 spiro atoms. The van der Waals surface area contributed by atoms with Crippen LogP contribution in [0.5, 0.6) is 11.5 Å². The van der Waals surface area contributed by atoms with Crippen LogP contribution in [0.1, 0.15) is 23.0 Å². The Kier molecular flexibility index (Phi) is 3.77. The topological polar surface area (TPSA) is 59.7 Å². The second kappa shape index (κ2) is 5.73. The molecule has 0 radical (unpaired) electrons. The first-order chi connectivity index (χ1) is 10.6. The van der Waals surface area contributed by atoms with Crippen LogP contribution in [0.3, 0.4) is 0 Å². The number of aryl methyl sites for hydroxylation is 1. The number of rotatable bonds is 4. The van der Waals surface area contributed by atoms with Gasteiger partial charge in [-0.3, -0.25) is 0 Å². The lowest BCUT2D eigenvalue weighted by Crippen LogP contribution is -1.97. The van der Waals surface area contributed by atoms with Crippen LogP contribution >= 0.6 is 11.6 Å². The van der Waals surface area contributed by atoms with Gasteiger partial charge in [0.15, 0.2) is 11.3 Å². The minimum absolute atomic E-state index is 0.0403. The quantitative estimate of drug-likeness (QED) is 0.724. The lowest BCUT2D eigenvalue weighted by Gasteiger charge is -2.07. The molecule has 1 heterocycles. The fourth-order valence-corrected chi connectivity index (χ4v) is 2.46. The van der Waals surface area contributed by atoms with Gasteiger partial charge in [-0.2, -0.15) is 0 Å². The third kappa shape index (κ3) is 2.65. The molecule has 0 unspecified atom stereocenters. The van der Waals surface area contributed by atoms with Crippen molar-refractivity contribution in [2.24, 2.45) is 0 Å². The van der Waals surface area contributed by atoms with Crippen LogP contribution in [0.15, 0.2) is 46.9 Å². The molecule has 0 atom stereocenters. The molecule has 112 valence electrons. The number of benzene rings is 2. The maximum Gasteiger partial charge on any atom is 0.337 e. The van der Waals surface area contributed by atoms with E-state index >= 15 is 0 Å². The number of carboxylic acids is 1. The maximum atomic E-state index is 11.0. The smallest absolute Gasteiger partial charge is 0.337 e. The first-order valence-electron chi connectivity index (χ1n) is 6.80. The van der Waals surface area contributed by atoms with Crippen molar-refractivity contribution in [2.75, 3.05) is 0 Å². The van der Waals surface area contributed by atoms with E-state index in [9.17, 15) is 4.79 Å². The number of hydrogen-bond acceptors (Lipinski definition) is 3. The van der Waals surface area contributed by atoms with Gasteiger partial charge in [0.05, 0.1) is 10.6 Å². The molecule has 22 heavy (non-hydrogen) atoms. The highest BCUT2D eigenvalue weighted by Crippen LogP contribution is 2.33. The van der Waals surface area contributed by atoms with Crippen molar-refractivity contribution >= 4 is 28.5 Å². The zero-order valence-electron chi connectivity index (χ0n) is 11.8. The van der Waals surface area contributed by atoms with Gasteiger partial charge in [0.1, 0.15) is 11.5 Å². The number of para-hydroxylation sites is 1. The van der Waals surface area contributed by atoms with E-state index < -0.39 is 5.97 Å². The molecule has 3 rings (SSSR count). The Balaban J connectivity index is 1.98. The Morgan fingerprint density at radius 3 is 2.77 bits per heavy atom. The van der Waals surface area contributed by atoms with E-state index in [1.807, 2.05) is 25.1 Å². The molecule has 2 aromatic carbocycles. The predicted molar refractivity (Wildman–Crippen MR) is 84.1 cm³/mol. The molecule has 0 bridgehead atoms. The van der Waals surface area contributed by atoms with Gasteiger partial charge < -0.3 is 14.3 Å². The molecule has 0 amide bonds. The predicted octanol–water partition coefficient (Wildman–Crippen LogP) is 5.14. The molecule has 4 nitrogen and oxygen atoms in total. The van der Waals surface area contributed by atoms with Gasteiger partial charge in [0, 0.05) is 17.9 Å². The molecule has 1 N–H and O–H groups in total. The zero-order valence-corrected chi connectivity index (χ0v) is 12.6. The summed E-state index contributed by atoms with van der Waals surface area (Å²) in [6, 6.07) is 12.1. The van der Waals surface area contributed by atoms with Crippen molar-refractivity contribution in [1.82, 2.24) is 0 Å². The fourth-order valence-electron chi connectivity index (χ4n) is 2.20. The van der Waals surface area contributed by atoms with Crippen molar-refractivity contribution in [1.29, 1.82) is 0 Å². The fraction of sp³-hybridized carbons (Fsp3) is 0.118.